The van der Waals surface area contributed by atoms with Crippen LogP contribution in [0.25, 0.3) is 0 Å². The zero-order valence-electron chi connectivity index (χ0n) is 8.46. The van der Waals surface area contributed by atoms with Gasteiger partial charge in [-0.25, -0.2) is 4.79 Å². The summed E-state index contributed by atoms with van der Waals surface area (Å²) in [5.74, 6) is -0.138. The summed E-state index contributed by atoms with van der Waals surface area (Å²) >= 11 is 3.15. The maximum atomic E-state index is 11.6. The van der Waals surface area contributed by atoms with Gasteiger partial charge < -0.3 is 9.84 Å². The molecule has 0 bridgehead atoms. The van der Waals surface area contributed by atoms with Gasteiger partial charge in [0.25, 0.3) is 0 Å². The third kappa shape index (κ3) is 3.17. The van der Waals surface area contributed by atoms with E-state index < -0.39 is 10.5 Å². The van der Waals surface area contributed by atoms with E-state index in [1.54, 1.807) is 0 Å². The number of carboxylic acid groups (broad SMARTS) is 1. The van der Waals surface area contributed by atoms with Gasteiger partial charge in [-0.05, 0) is 13.3 Å². The van der Waals surface area contributed by atoms with E-state index in [-0.39, 0.29) is 11.9 Å². The van der Waals surface area contributed by atoms with Crippen molar-refractivity contribution in [2.24, 2.45) is 0 Å². The normalized spacial score (nSPS) is 31.3. The lowest BCUT2D eigenvalue weighted by Crippen LogP contribution is -2.54. The van der Waals surface area contributed by atoms with Gasteiger partial charge in [0, 0.05) is 19.4 Å². The summed E-state index contributed by atoms with van der Waals surface area (Å²) in [5, 5.41) is 10.8. The molecule has 6 heteroatoms. The number of alkyl halides is 1. The summed E-state index contributed by atoms with van der Waals surface area (Å²) in [6.45, 7) is 2.44. The first-order chi connectivity index (χ1) is 6.98. The summed E-state index contributed by atoms with van der Waals surface area (Å²) in [6, 6.07) is 0. The molecule has 1 saturated carbocycles. The largest absolute Gasteiger partial charge is 0.465 e. The van der Waals surface area contributed by atoms with E-state index in [9.17, 15) is 9.59 Å². The number of nitrogens with one attached hydrogen (secondary N) is 1. The van der Waals surface area contributed by atoms with Crippen molar-refractivity contribution in [3.05, 3.63) is 0 Å². The monoisotopic (exact) mass is 279 g/mol. The molecule has 0 radical (unpaired) electrons. The minimum atomic E-state index is -1.21. The van der Waals surface area contributed by atoms with Crippen LogP contribution in [0.2, 0.25) is 0 Å². The van der Waals surface area contributed by atoms with Crippen LogP contribution in [0.15, 0.2) is 0 Å². The fraction of sp³-hybridized carbons (Fsp3) is 0.778. The first-order valence-electron chi connectivity index (χ1n) is 4.83. The van der Waals surface area contributed by atoms with E-state index >= 15 is 0 Å². The van der Waals surface area contributed by atoms with Crippen LogP contribution in [0, 0.1) is 0 Å². The number of amides is 1. The average molecular weight is 280 g/mol. The smallest absolute Gasteiger partial charge is 0.406 e. The van der Waals surface area contributed by atoms with Crippen LogP contribution in [-0.4, -0.2) is 34.1 Å². The number of ether oxygens (including phenoxy) is 1. The molecular formula is C9H14BrNO4. The number of halogens is 1. The SMILES string of the molecule is CCOC1CCC(=O)C(Br)(NC(=O)O)C1. The lowest BCUT2D eigenvalue weighted by Gasteiger charge is -2.34. The van der Waals surface area contributed by atoms with E-state index in [1.165, 1.54) is 0 Å². The topological polar surface area (TPSA) is 75.6 Å². The van der Waals surface area contributed by atoms with Crippen molar-refractivity contribution < 1.29 is 19.4 Å². The molecular weight excluding hydrogens is 266 g/mol. The molecule has 86 valence electrons. The highest BCUT2D eigenvalue weighted by molar-refractivity contribution is 9.10. The van der Waals surface area contributed by atoms with Crippen LogP contribution < -0.4 is 5.32 Å². The minimum Gasteiger partial charge on any atom is -0.465 e. The van der Waals surface area contributed by atoms with Crippen molar-refractivity contribution >= 4 is 27.8 Å². The Morgan fingerprint density at radius 1 is 1.80 bits per heavy atom. The van der Waals surface area contributed by atoms with Gasteiger partial charge in [-0.15, -0.1) is 0 Å². The van der Waals surface area contributed by atoms with E-state index in [2.05, 4.69) is 21.2 Å². The van der Waals surface area contributed by atoms with Gasteiger partial charge in [0.15, 0.2) is 10.2 Å². The standard InChI is InChI=1S/C9H14BrNO4/c1-2-15-6-3-4-7(12)9(10,5-6)11-8(13)14/h6,11H,2-5H2,1H3,(H,13,14). The summed E-state index contributed by atoms with van der Waals surface area (Å²) in [6.07, 6.45) is 0.0417. The molecule has 2 atom stereocenters. The minimum absolute atomic E-state index is 0.0704. The molecule has 1 aliphatic carbocycles. The van der Waals surface area contributed by atoms with Gasteiger partial charge in [0.1, 0.15) is 0 Å². The third-order valence-corrected chi connectivity index (χ3v) is 3.32. The molecule has 15 heavy (non-hydrogen) atoms. The third-order valence-electron chi connectivity index (χ3n) is 2.35. The van der Waals surface area contributed by atoms with Gasteiger partial charge in [0.05, 0.1) is 6.10 Å². The summed E-state index contributed by atoms with van der Waals surface area (Å²) in [7, 11) is 0. The maximum Gasteiger partial charge on any atom is 0.406 e. The zero-order valence-corrected chi connectivity index (χ0v) is 10.0. The quantitative estimate of drug-likeness (QED) is 0.607. The van der Waals surface area contributed by atoms with Crippen LogP contribution in [0.1, 0.15) is 26.2 Å². The van der Waals surface area contributed by atoms with Gasteiger partial charge in [0.2, 0.25) is 0 Å². The Hall–Kier alpha value is -0.620. The van der Waals surface area contributed by atoms with Crippen molar-refractivity contribution in [3.63, 3.8) is 0 Å². The van der Waals surface area contributed by atoms with E-state index in [1.807, 2.05) is 6.92 Å². The van der Waals surface area contributed by atoms with Crippen LogP contribution in [-0.2, 0) is 9.53 Å². The zero-order chi connectivity index (χ0) is 11.5. The fourth-order valence-electron chi connectivity index (χ4n) is 1.69. The second-order valence-corrected chi connectivity index (χ2v) is 4.83. The van der Waals surface area contributed by atoms with Crippen LogP contribution in [0.3, 0.4) is 0 Å². The van der Waals surface area contributed by atoms with Crippen LogP contribution in [0.4, 0.5) is 4.79 Å². The predicted octanol–water partition coefficient (Wildman–Crippen LogP) is 1.50. The average Bonchev–Trinajstić information content (AvgIpc) is 2.10. The van der Waals surface area contributed by atoms with Crippen molar-refractivity contribution in [3.8, 4) is 0 Å². The lowest BCUT2D eigenvalue weighted by atomic mass is 9.91. The summed E-state index contributed by atoms with van der Waals surface area (Å²) in [5.41, 5.74) is 0. The molecule has 1 rings (SSSR count). The number of ketones is 1. The molecule has 5 nitrogen and oxygen atoms in total. The van der Waals surface area contributed by atoms with Crippen LogP contribution >= 0.6 is 15.9 Å². The highest BCUT2D eigenvalue weighted by Gasteiger charge is 2.42. The van der Waals surface area contributed by atoms with Crippen LogP contribution in [0.5, 0.6) is 0 Å². The Morgan fingerprint density at radius 2 is 2.47 bits per heavy atom. The molecule has 1 fully saturated rings. The molecule has 0 aromatic carbocycles. The Morgan fingerprint density at radius 3 is 3.00 bits per heavy atom. The number of rotatable bonds is 3. The molecule has 0 spiro atoms. The first kappa shape index (κ1) is 12.4. The predicted molar refractivity (Wildman–Crippen MR) is 57.1 cm³/mol. The number of hydrogen-bond acceptors (Lipinski definition) is 3. The van der Waals surface area contributed by atoms with E-state index in [0.717, 1.165) is 0 Å². The molecule has 0 aromatic rings. The number of carbonyl (C=O) groups excluding carboxylic acids is 1. The summed E-state index contributed by atoms with van der Waals surface area (Å²) < 4.78 is 4.22. The van der Waals surface area contributed by atoms with Crippen molar-refractivity contribution in [2.45, 2.75) is 36.7 Å². The van der Waals surface area contributed by atoms with Crippen molar-refractivity contribution in [2.75, 3.05) is 6.61 Å². The Balaban J connectivity index is 2.67. The molecule has 0 aromatic heterocycles. The molecule has 0 heterocycles. The highest BCUT2D eigenvalue weighted by Crippen LogP contribution is 2.32. The van der Waals surface area contributed by atoms with Crippen molar-refractivity contribution in [1.82, 2.24) is 5.32 Å². The molecule has 1 aliphatic rings. The van der Waals surface area contributed by atoms with Gasteiger partial charge in [-0.3, -0.25) is 10.1 Å². The molecule has 1 amide bonds. The number of Topliss-reactive ketones (excluding diaryl/α,β-unsaturated/α-hetero) is 1. The number of carbonyl (C=O) groups is 2. The summed E-state index contributed by atoms with van der Waals surface area (Å²) in [4.78, 5) is 22.1. The van der Waals surface area contributed by atoms with E-state index in [4.69, 9.17) is 9.84 Å². The Labute approximate surface area is 96.3 Å². The number of hydrogen-bond donors (Lipinski definition) is 2. The first-order valence-corrected chi connectivity index (χ1v) is 5.62. The van der Waals surface area contributed by atoms with Crippen molar-refractivity contribution in [1.29, 1.82) is 0 Å². The van der Waals surface area contributed by atoms with Gasteiger partial charge in [-0.1, -0.05) is 15.9 Å². The molecule has 0 saturated heterocycles. The second-order valence-electron chi connectivity index (χ2n) is 3.47. The highest BCUT2D eigenvalue weighted by atomic mass is 79.9. The van der Waals surface area contributed by atoms with Gasteiger partial charge >= 0.3 is 6.09 Å². The molecule has 0 aliphatic heterocycles. The second kappa shape index (κ2) is 4.94. The molecule has 2 unspecified atom stereocenters. The Bertz CT molecular complexity index is 271. The van der Waals surface area contributed by atoms with Gasteiger partial charge in [-0.2, -0.15) is 0 Å². The fourth-order valence-corrected chi connectivity index (χ4v) is 2.42. The molecule has 2 N–H and O–H groups in total. The lowest BCUT2D eigenvalue weighted by molar-refractivity contribution is -0.126. The maximum absolute atomic E-state index is 11.6. The van der Waals surface area contributed by atoms with E-state index in [0.29, 0.717) is 25.9 Å². The Kier molecular flexibility index (Phi) is 4.10.